The number of nitrogens with zero attached hydrogens (tertiary/aromatic N) is 1. The normalized spacial score (nSPS) is 11.9. The molecule has 0 saturated carbocycles. The lowest BCUT2D eigenvalue weighted by atomic mass is 10.3. The first-order valence-electron chi connectivity index (χ1n) is 6.20. The van der Waals surface area contributed by atoms with E-state index in [1.807, 2.05) is 19.4 Å². The highest BCUT2D eigenvalue weighted by Crippen LogP contribution is 2.20. The van der Waals surface area contributed by atoms with Crippen LogP contribution in [0.25, 0.3) is 0 Å². The number of rotatable bonds is 7. The Bertz CT molecular complexity index is 661. The molecule has 0 saturated heterocycles. The van der Waals surface area contributed by atoms with Gasteiger partial charge in [-0.2, -0.15) is 0 Å². The van der Waals surface area contributed by atoms with E-state index in [1.165, 1.54) is 11.3 Å². The number of hydrogen-bond acceptors (Lipinski definition) is 6. The van der Waals surface area contributed by atoms with Crippen LogP contribution in [-0.4, -0.2) is 20.4 Å². The van der Waals surface area contributed by atoms with Gasteiger partial charge in [0.05, 0.1) is 12.7 Å². The third-order valence-electron chi connectivity index (χ3n) is 2.64. The predicted octanol–water partition coefficient (Wildman–Crippen LogP) is 1.50. The van der Waals surface area contributed by atoms with Crippen LogP contribution in [0.5, 0.6) is 0 Å². The number of aryl methyl sites for hydroxylation is 1. The summed E-state index contributed by atoms with van der Waals surface area (Å²) in [6.07, 6.45) is 2.35. The van der Waals surface area contributed by atoms with E-state index in [0.29, 0.717) is 16.6 Å². The van der Waals surface area contributed by atoms with E-state index < -0.39 is 10.0 Å². The summed E-state index contributed by atoms with van der Waals surface area (Å²) in [6, 6.07) is 1.66. The van der Waals surface area contributed by atoms with Gasteiger partial charge in [-0.05, 0) is 24.1 Å². The lowest BCUT2D eigenvalue weighted by Crippen LogP contribution is -2.22. The topological polar surface area (TPSA) is 84.2 Å². The van der Waals surface area contributed by atoms with Crippen molar-refractivity contribution in [3.63, 3.8) is 0 Å². The molecule has 8 heteroatoms. The van der Waals surface area contributed by atoms with E-state index in [-0.39, 0.29) is 6.54 Å². The highest BCUT2D eigenvalue weighted by molar-refractivity contribution is 7.91. The van der Waals surface area contributed by atoms with Gasteiger partial charge >= 0.3 is 0 Å². The maximum absolute atomic E-state index is 12.1. The van der Waals surface area contributed by atoms with Gasteiger partial charge in [-0.25, -0.2) is 18.1 Å². The first-order valence-corrected chi connectivity index (χ1v) is 8.56. The molecule has 0 fully saturated rings. The second kappa shape index (κ2) is 6.49. The second-order valence-electron chi connectivity index (χ2n) is 4.20. The molecule has 0 aliphatic heterocycles. The molecule has 0 atom stereocenters. The maximum atomic E-state index is 12.1. The molecule has 20 heavy (non-hydrogen) atoms. The molecule has 0 aliphatic carbocycles. The molecular formula is C12H17N3O3S2. The summed E-state index contributed by atoms with van der Waals surface area (Å²) in [5.74, 6) is 1.11. The number of oxazole rings is 1. The molecule has 2 N–H and O–H groups in total. The van der Waals surface area contributed by atoms with Crippen molar-refractivity contribution in [2.24, 2.45) is 0 Å². The van der Waals surface area contributed by atoms with Crippen LogP contribution in [0.4, 0.5) is 0 Å². The van der Waals surface area contributed by atoms with Crippen LogP contribution in [-0.2, 0) is 29.5 Å². The average Bonchev–Trinajstić information content (AvgIpc) is 3.06. The summed E-state index contributed by atoms with van der Waals surface area (Å²) in [6.45, 7) is 2.65. The van der Waals surface area contributed by atoms with Gasteiger partial charge in [-0.1, -0.05) is 6.92 Å². The van der Waals surface area contributed by atoms with Crippen LogP contribution >= 0.6 is 11.3 Å². The molecule has 0 radical (unpaired) electrons. The molecule has 2 heterocycles. The molecular weight excluding hydrogens is 298 g/mol. The van der Waals surface area contributed by atoms with Gasteiger partial charge in [0.1, 0.15) is 9.97 Å². The minimum Gasteiger partial charge on any atom is -0.444 e. The average molecular weight is 315 g/mol. The van der Waals surface area contributed by atoms with E-state index >= 15 is 0 Å². The molecule has 0 spiro atoms. The van der Waals surface area contributed by atoms with Crippen LogP contribution in [0, 0.1) is 0 Å². The molecule has 2 aromatic heterocycles. The standard InChI is InChI=1S/C12H17N3O3S2/c1-3-10-6-14-11(18-10)7-15-20(16,17)12-4-9(5-13-2)8-19-12/h4,6,8,13,15H,3,5,7H2,1-2H3. The van der Waals surface area contributed by atoms with Crippen LogP contribution in [0.1, 0.15) is 24.1 Å². The van der Waals surface area contributed by atoms with Crippen molar-refractivity contribution in [3.8, 4) is 0 Å². The van der Waals surface area contributed by atoms with Crippen molar-refractivity contribution in [3.05, 3.63) is 34.9 Å². The van der Waals surface area contributed by atoms with Gasteiger partial charge in [-0.15, -0.1) is 11.3 Å². The minimum atomic E-state index is -3.51. The predicted molar refractivity (Wildman–Crippen MR) is 77.0 cm³/mol. The molecule has 0 unspecified atom stereocenters. The Labute approximate surface area is 122 Å². The van der Waals surface area contributed by atoms with E-state index in [1.54, 1.807) is 12.3 Å². The van der Waals surface area contributed by atoms with Gasteiger partial charge < -0.3 is 9.73 Å². The summed E-state index contributed by atoms with van der Waals surface area (Å²) in [5, 5.41) is 4.81. The summed E-state index contributed by atoms with van der Waals surface area (Å²) in [5.41, 5.74) is 0.947. The van der Waals surface area contributed by atoms with Crippen LogP contribution in [0.2, 0.25) is 0 Å². The van der Waals surface area contributed by atoms with E-state index in [2.05, 4.69) is 15.0 Å². The Morgan fingerprint density at radius 2 is 2.20 bits per heavy atom. The van der Waals surface area contributed by atoms with Crippen molar-refractivity contribution in [2.45, 2.75) is 30.6 Å². The Morgan fingerprint density at radius 1 is 1.40 bits per heavy atom. The van der Waals surface area contributed by atoms with Crippen LogP contribution < -0.4 is 10.0 Å². The Morgan fingerprint density at radius 3 is 2.85 bits per heavy atom. The smallest absolute Gasteiger partial charge is 0.250 e. The Hall–Kier alpha value is -1.22. The number of sulfonamides is 1. The zero-order valence-corrected chi connectivity index (χ0v) is 13.0. The fraction of sp³-hybridized carbons (Fsp3) is 0.417. The number of nitrogens with one attached hydrogen (secondary N) is 2. The van der Waals surface area contributed by atoms with Gasteiger partial charge in [0.2, 0.25) is 5.89 Å². The summed E-state index contributed by atoms with van der Waals surface area (Å²) < 4.78 is 32.4. The monoisotopic (exact) mass is 315 g/mol. The minimum absolute atomic E-state index is 0.0571. The fourth-order valence-electron chi connectivity index (χ4n) is 1.61. The number of aromatic nitrogens is 1. The Kier molecular flexibility index (Phi) is 4.92. The van der Waals surface area contributed by atoms with Gasteiger partial charge in [-0.3, -0.25) is 0 Å². The zero-order chi connectivity index (χ0) is 14.6. The first kappa shape index (κ1) is 15.2. The second-order valence-corrected chi connectivity index (χ2v) is 7.11. The SMILES string of the molecule is CCc1cnc(CNS(=O)(=O)c2cc(CNC)cs2)o1. The highest BCUT2D eigenvalue weighted by Gasteiger charge is 2.17. The fourth-order valence-corrected chi connectivity index (χ4v) is 3.84. The molecule has 0 aromatic carbocycles. The molecule has 0 amide bonds. The quantitative estimate of drug-likeness (QED) is 0.809. The highest BCUT2D eigenvalue weighted by atomic mass is 32.2. The van der Waals surface area contributed by atoms with Crippen molar-refractivity contribution in [1.82, 2.24) is 15.0 Å². The van der Waals surface area contributed by atoms with Gasteiger partial charge in [0.15, 0.2) is 0 Å². The van der Waals surface area contributed by atoms with E-state index in [0.717, 1.165) is 17.7 Å². The first-order chi connectivity index (χ1) is 9.55. The molecule has 6 nitrogen and oxygen atoms in total. The van der Waals surface area contributed by atoms with Crippen molar-refractivity contribution >= 4 is 21.4 Å². The third kappa shape index (κ3) is 3.66. The lowest BCUT2D eigenvalue weighted by Gasteiger charge is -2.01. The van der Waals surface area contributed by atoms with Gasteiger partial charge in [0.25, 0.3) is 10.0 Å². The Balaban J connectivity index is 2.02. The van der Waals surface area contributed by atoms with Crippen LogP contribution in [0.15, 0.2) is 26.3 Å². The molecule has 2 rings (SSSR count). The van der Waals surface area contributed by atoms with Crippen molar-refractivity contribution in [1.29, 1.82) is 0 Å². The molecule has 110 valence electrons. The summed E-state index contributed by atoms with van der Waals surface area (Å²) in [4.78, 5) is 4.02. The lowest BCUT2D eigenvalue weighted by molar-refractivity contribution is 0.452. The third-order valence-corrected chi connectivity index (χ3v) is 5.53. The van der Waals surface area contributed by atoms with Crippen LogP contribution in [0.3, 0.4) is 0 Å². The largest absolute Gasteiger partial charge is 0.444 e. The molecule has 0 bridgehead atoms. The van der Waals surface area contributed by atoms with Crippen molar-refractivity contribution in [2.75, 3.05) is 7.05 Å². The number of hydrogen-bond donors (Lipinski definition) is 2. The van der Waals surface area contributed by atoms with E-state index in [9.17, 15) is 8.42 Å². The molecule has 0 aliphatic rings. The summed E-state index contributed by atoms with van der Waals surface area (Å²) in [7, 11) is -1.70. The number of thiophene rings is 1. The zero-order valence-electron chi connectivity index (χ0n) is 11.3. The molecule has 2 aromatic rings. The maximum Gasteiger partial charge on any atom is 0.250 e. The summed E-state index contributed by atoms with van der Waals surface area (Å²) >= 11 is 1.20. The van der Waals surface area contributed by atoms with Crippen molar-refractivity contribution < 1.29 is 12.8 Å². The van der Waals surface area contributed by atoms with Gasteiger partial charge in [0, 0.05) is 13.0 Å². The van der Waals surface area contributed by atoms with E-state index in [4.69, 9.17) is 4.42 Å².